The predicted octanol–water partition coefficient (Wildman–Crippen LogP) is 4.64. The van der Waals surface area contributed by atoms with Gasteiger partial charge in [-0.3, -0.25) is 4.79 Å². The second kappa shape index (κ2) is 6.59. The molecule has 2 aromatic carbocycles. The first-order valence-electron chi connectivity index (χ1n) is 7.66. The van der Waals surface area contributed by atoms with Crippen molar-refractivity contribution in [1.82, 2.24) is 0 Å². The van der Waals surface area contributed by atoms with Crippen molar-refractivity contribution in [1.29, 1.82) is 0 Å². The molecule has 1 amide bonds. The van der Waals surface area contributed by atoms with E-state index in [-0.39, 0.29) is 16.5 Å². The van der Waals surface area contributed by atoms with Crippen molar-refractivity contribution in [3.05, 3.63) is 58.4 Å². The van der Waals surface area contributed by atoms with Crippen LogP contribution < -0.4 is 10.2 Å². The summed E-state index contributed by atoms with van der Waals surface area (Å²) >= 11 is 5.93. The number of halogens is 2. The zero-order valence-electron chi connectivity index (χ0n) is 12.9. The topological polar surface area (TPSA) is 32.3 Å². The molecule has 120 valence electrons. The van der Waals surface area contributed by atoms with Crippen molar-refractivity contribution >= 4 is 28.9 Å². The molecule has 1 fully saturated rings. The van der Waals surface area contributed by atoms with E-state index in [1.807, 2.05) is 19.1 Å². The second-order valence-electron chi connectivity index (χ2n) is 5.77. The summed E-state index contributed by atoms with van der Waals surface area (Å²) in [4.78, 5) is 14.7. The van der Waals surface area contributed by atoms with Gasteiger partial charge in [-0.15, -0.1) is 0 Å². The maximum Gasteiger partial charge on any atom is 0.257 e. The summed E-state index contributed by atoms with van der Waals surface area (Å²) in [5, 5.41) is 2.95. The van der Waals surface area contributed by atoms with Crippen molar-refractivity contribution in [3.8, 4) is 0 Å². The van der Waals surface area contributed by atoms with Crippen LogP contribution in [-0.4, -0.2) is 19.0 Å². The van der Waals surface area contributed by atoms with E-state index in [1.54, 1.807) is 0 Å². The monoisotopic (exact) mass is 332 g/mol. The molecular weight excluding hydrogens is 315 g/mol. The van der Waals surface area contributed by atoms with Crippen LogP contribution in [-0.2, 0) is 0 Å². The van der Waals surface area contributed by atoms with Crippen LogP contribution in [0.5, 0.6) is 0 Å². The van der Waals surface area contributed by atoms with E-state index in [0.29, 0.717) is 0 Å². The number of anilines is 2. The van der Waals surface area contributed by atoms with Gasteiger partial charge in [0, 0.05) is 24.5 Å². The van der Waals surface area contributed by atoms with Gasteiger partial charge in [0.2, 0.25) is 0 Å². The van der Waals surface area contributed by atoms with E-state index >= 15 is 0 Å². The summed E-state index contributed by atoms with van der Waals surface area (Å²) in [7, 11) is 0. The Balaban J connectivity index is 1.78. The van der Waals surface area contributed by atoms with Gasteiger partial charge in [-0.05, 0) is 61.7 Å². The van der Waals surface area contributed by atoms with E-state index in [4.69, 9.17) is 11.6 Å². The Labute approximate surface area is 140 Å². The van der Waals surface area contributed by atoms with Crippen molar-refractivity contribution < 1.29 is 9.18 Å². The van der Waals surface area contributed by atoms with Gasteiger partial charge in [-0.25, -0.2) is 4.39 Å². The van der Waals surface area contributed by atoms with E-state index in [2.05, 4.69) is 16.3 Å². The Kier molecular flexibility index (Phi) is 4.53. The number of hydrogen-bond acceptors (Lipinski definition) is 2. The summed E-state index contributed by atoms with van der Waals surface area (Å²) in [5.74, 6) is -0.801. The number of aryl methyl sites for hydroxylation is 1. The first-order valence-corrected chi connectivity index (χ1v) is 8.04. The number of carbonyl (C=O) groups is 1. The zero-order valence-corrected chi connectivity index (χ0v) is 13.7. The number of benzene rings is 2. The number of hydrogen-bond donors (Lipinski definition) is 1. The van der Waals surface area contributed by atoms with Gasteiger partial charge in [-0.2, -0.15) is 0 Å². The van der Waals surface area contributed by atoms with Crippen LogP contribution in [0.1, 0.15) is 28.8 Å². The van der Waals surface area contributed by atoms with E-state index in [1.165, 1.54) is 30.7 Å². The van der Waals surface area contributed by atoms with Crippen molar-refractivity contribution in [2.45, 2.75) is 19.8 Å². The van der Waals surface area contributed by atoms with E-state index in [9.17, 15) is 9.18 Å². The second-order valence-corrected chi connectivity index (χ2v) is 6.18. The highest BCUT2D eigenvalue weighted by atomic mass is 35.5. The molecule has 0 atom stereocenters. The van der Waals surface area contributed by atoms with Crippen molar-refractivity contribution in [3.63, 3.8) is 0 Å². The van der Waals surface area contributed by atoms with Crippen LogP contribution in [0.2, 0.25) is 5.02 Å². The first-order chi connectivity index (χ1) is 11.0. The Hall–Kier alpha value is -2.07. The van der Waals surface area contributed by atoms with Crippen LogP contribution >= 0.6 is 11.6 Å². The van der Waals surface area contributed by atoms with Gasteiger partial charge in [0.15, 0.2) is 0 Å². The molecule has 1 heterocycles. The molecule has 3 nitrogen and oxygen atoms in total. The Morgan fingerprint density at radius 2 is 1.91 bits per heavy atom. The quantitative estimate of drug-likeness (QED) is 0.888. The van der Waals surface area contributed by atoms with Gasteiger partial charge in [-0.1, -0.05) is 11.6 Å². The molecular formula is C18H18ClFN2O. The molecule has 0 bridgehead atoms. The third-order valence-electron chi connectivity index (χ3n) is 4.11. The average molecular weight is 333 g/mol. The summed E-state index contributed by atoms with van der Waals surface area (Å²) in [6, 6.07) is 9.75. The van der Waals surface area contributed by atoms with Crippen LogP contribution in [0.3, 0.4) is 0 Å². The molecule has 5 heteroatoms. The van der Waals surface area contributed by atoms with Crippen LogP contribution in [0.4, 0.5) is 15.8 Å². The molecule has 0 aliphatic carbocycles. The van der Waals surface area contributed by atoms with Crippen LogP contribution in [0, 0.1) is 12.7 Å². The first kappa shape index (κ1) is 15.8. The van der Waals surface area contributed by atoms with Gasteiger partial charge in [0.05, 0.1) is 10.6 Å². The molecule has 0 spiro atoms. The largest absolute Gasteiger partial charge is 0.372 e. The number of nitrogens with zero attached hydrogens (tertiary/aromatic N) is 1. The highest BCUT2D eigenvalue weighted by molar-refractivity contribution is 6.34. The third-order valence-corrected chi connectivity index (χ3v) is 4.42. The third kappa shape index (κ3) is 3.48. The highest BCUT2D eigenvalue weighted by Crippen LogP contribution is 2.26. The number of carbonyl (C=O) groups excluding carboxylic acids is 1. The van der Waals surface area contributed by atoms with Gasteiger partial charge in [0.1, 0.15) is 5.82 Å². The predicted molar refractivity (Wildman–Crippen MR) is 92.0 cm³/mol. The smallest absolute Gasteiger partial charge is 0.257 e. The molecule has 1 aliphatic heterocycles. The van der Waals surface area contributed by atoms with Gasteiger partial charge >= 0.3 is 0 Å². The normalized spacial score (nSPS) is 14.1. The van der Waals surface area contributed by atoms with Crippen molar-refractivity contribution in [2.75, 3.05) is 23.3 Å². The molecule has 0 radical (unpaired) electrons. The number of rotatable bonds is 3. The molecule has 2 aromatic rings. The molecule has 3 rings (SSSR count). The lowest BCUT2D eigenvalue weighted by molar-refractivity contribution is 0.102. The lowest BCUT2D eigenvalue weighted by Crippen LogP contribution is -2.18. The summed E-state index contributed by atoms with van der Waals surface area (Å²) in [5.41, 5.74) is 3.16. The Bertz CT molecular complexity index is 742. The minimum atomic E-state index is -0.460. The fourth-order valence-corrected chi connectivity index (χ4v) is 3.08. The maximum atomic E-state index is 13.1. The molecule has 0 saturated carbocycles. The van der Waals surface area contributed by atoms with Crippen LogP contribution in [0.15, 0.2) is 36.4 Å². The summed E-state index contributed by atoms with van der Waals surface area (Å²) in [6.45, 7) is 4.12. The lowest BCUT2D eigenvalue weighted by Gasteiger charge is -2.19. The molecule has 1 N–H and O–H groups in total. The highest BCUT2D eigenvalue weighted by Gasteiger charge is 2.15. The van der Waals surface area contributed by atoms with E-state index in [0.717, 1.165) is 30.4 Å². The standard InChI is InChI=1S/C18H18ClFN2O/c1-12-10-14(22-8-2-3-9-22)5-7-17(12)21-18(23)15-6-4-13(20)11-16(15)19/h4-7,10-11H,2-3,8-9H2,1H3,(H,21,23). The maximum absolute atomic E-state index is 13.1. The number of nitrogens with one attached hydrogen (secondary N) is 1. The molecule has 1 saturated heterocycles. The minimum absolute atomic E-state index is 0.105. The number of amides is 1. The Morgan fingerprint density at radius 3 is 2.57 bits per heavy atom. The SMILES string of the molecule is Cc1cc(N2CCCC2)ccc1NC(=O)c1ccc(F)cc1Cl. The molecule has 0 unspecified atom stereocenters. The minimum Gasteiger partial charge on any atom is -0.372 e. The average Bonchev–Trinajstić information content (AvgIpc) is 3.03. The van der Waals surface area contributed by atoms with E-state index < -0.39 is 5.82 Å². The summed E-state index contributed by atoms with van der Waals surface area (Å²) < 4.78 is 13.1. The summed E-state index contributed by atoms with van der Waals surface area (Å²) in [6.07, 6.45) is 2.45. The van der Waals surface area contributed by atoms with Gasteiger partial charge in [0.25, 0.3) is 5.91 Å². The van der Waals surface area contributed by atoms with Crippen molar-refractivity contribution in [2.24, 2.45) is 0 Å². The fourth-order valence-electron chi connectivity index (χ4n) is 2.82. The Morgan fingerprint density at radius 1 is 1.17 bits per heavy atom. The fraction of sp³-hybridized carbons (Fsp3) is 0.278. The van der Waals surface area contributed by atoms with Gasteiger partial charge < -0.3 is 10.2 Å². The van der Waals surface area contributed by atoms with Crippen LogP contribution in [0.25, 0.3) is 0 Å². The zero-order chi connectivity index (χ0) is 16.4. The molecule has 23 heavy (non-hydrogen) atoms. The molecule has 1 aliphatic rings. The molecule has 0 aromatic heterocycles. The lowest BCUT2D eigenvalue weighted by atomic mass is 10.1.